The summed E-state index contributed by atoms with van der Waals surface area (Å²) in [6, 6.07) is 13.4. The number of aryl methyl sites for hydroxylation is 1. The molecule has 1 aliphatic rings. The van der Waals surface area contributed by atoms with E-state index in [-0.39, 0.29) is 11.4 Å². The molecule has 3 aromatic rings. The number of rotatable bonds is 10. The number of methoxy groups -OCH3 is 1. The highest BCUT2D eigenvalue weighted by atomic mass is 16.5. The standard InChI is InChI=1S/C27H29N3O6/c1-16(2)24(31)22-23(20-8-5-6-9-21(20)35-15-7-14-34-4)30(27(33)25(22)32)19-12-10-18(11-13-19)26-28-17(3)36-29-26/h5-6,8-13,16,23,32H,7,14-15H2,1-4H3. The number of hydrogen-bond acceptors (Lipinski definition) is 8. The van der Waals surface area contributed by atoms with Crippen LogP contribution in [0.25, 0.3) is 11.4 Å². The third-order valence-electron chi connectivity index (χ3n) is 5.89. The summed E-state index contributed by atoms with van der Waals surface area (Å²) < 4.78 is 16.2. The van der Waals surface area contributed by atoms with Crippen molar-refractivity contribution in [3.8, 4) is 17.1 Å². The molecule has 0 saturated carbocycles. The van der Waals surface area contributed by atoms with Crippen LogP contribution in [0.5, 0.6) is 5.75 Å². The average molecular weight is 492 g/mol. The highest BCUT2D eigenvalue weighted by molar-refractivity contribution is 6.17. The Kier molecular flexibility index (Phi) is 7.49. The first-order valence-corrected chi connectivity index (χ1v) is 11.8. The van der Waals surface area contributed by atoms with Gasteiger partial charge in [-0.1, -0.05) is 37.2 Å². The number of aromatic nitrogens is 2. The smallest absolute Gasteiger partial charge is 0.294 e. The van der Waals surface area contributed by atoms with Crippen LogP contribution in [0, 0.1) is 12.8 Å². The molecule has 0 aliphatic carbocycles. The summed E-state index contributed by atoms with van der Waals surface area (Å²) in [4.78, 5) is 32.3. The topological polar surface area (TPSA) is 115 Å². The monoisotopic (exact) mass is 491 g/mol. The molecule has 1 N–H and O–H groups in total. The van der Waals surface area contributed by atoms with Crippen LogP contribution < -0.4 is 9.64 Å². The van der Waals surface area contributed by atoms with E-state index in [0.29, 0.717) is 53.9 Å². The maximum atomic E-state index is 13.4. The number of aliphatic hydroxyl groups excluding tert-OH is 1. The van der Waals surface area contributed by atoms with E-state index in [1.165, 1.54) is 4.90 Å². The molecule has 0 fully saturated rings. The van der Waals surface area contributed by atoms with E-state index >= 15 is 0 Å². The maximum Gasteiger partial charge on any atom is 0.294 e. The number of carbonyl (C=O) groups is 2. The van der Waals surface area contributed by atoms with Crippen molar-refractivity contribution in [2.45, 2.75) is 33.2 Å². The third-order valence-corrected chi connectivity index (χ3v) is 5.89. The summed E-state index contributed by atoms with van der Waals surface area (Å²) in [6.45, 7) is 6.12. The summed E-state index contributed by atoms with van der Waals surface area (Å²) in [5.41, 5.74) is 1.87. The van der Waals surface area contributed by atoms with Gasteiger partial charge in [-0.2, -0.15) is 4.98 Å². The highest BCUT2D eigenvalue weighted by Gasteiger charge is 2.45. The van der Waals surface area contributed by atoms with Crippen LogP contribution in [-0.2, 0) is 14.3 Å². The van der Waals surface area contributed by atoms with E-state index in [9.17, 15) is 14.7 Å². The van der Waals surface area contributed by atoms with Crippen molar-refractivity contribution >= 4 is 17.4 Å². The van der Waals surface area contributed by atoms with Crippen LogP contribution in [0.15, 0.2) is 64.4 Å². The lowest BCUT2D eigenvalue weighted by atomic mass is 9.90. The Morgan fingerprint density at radius 1 is 1.14 bits per heavy atom. The molecule has 0 bridgehead atoms. The van der Waals surface area contributed by atoms with Gasteiger partial charge in [-0.15, -0.1) is 0 Å². The van der Waals surface area contributed by atoms with Crippen molar-refractivity contribution in [1.82, 2.24) is 10.1 Å². The molecule has 1 unspecified atom stereocenters. The fraction of sp³-hybridized carbons (Fsp3) is 0.333. The second kappa shape index (κ2) is 10.7. The van der Waals surface area contributed by atoms with Gasteiger partial charge in [-0.05, 0) is 30.3 Å². The van der Waals surface area contributed by atoms with Crippen molar-refractivity contribution < 1.29 is 28.7 Å². The van der Waals surface area contributed by atoms with Gasteiger partial charge in [0.2, 0.25) is 11.7 Å². The molecule has 2 heterocycles. The molecular weight excluding hydrogens is 462 g/mol. The Morgan fingerprint density at radius 2 is 1.86 bits per heavy atom. The summed E-state index contributed by atoms with van der Waals surface area (Å²) in [5.74, 6) is -0.532. The van der Waals surface area contributed by atoms with E-state index < -0.39 is 23.6 Å². The van der Waals surface area contributed by atoms with E-state index in [4.69, 9.17) is 14.0 Å². The Labute approximate surface area is 209 Å². The molecule has 0 radical (unpaired) electrons. The number of benzene rings is 2. The Bertz CT molecular complexity index is 1280. The Hall–Kier alpha value is -3.98. The van der Waals surface area contributed by atoms with Crippen LogP contribution >= 0.6 is 0 Å². The number of carbonyl (C=O) groups excluding carboxylic acids is 2. The van der Waals surface area contributed by atoms with Gasteiger partial charge in [0.25, 0.3) is 5.91 Å². The van der Waals surface area contributed by atoms with Crippen LogP contribution in [0.2, 0.25) is 0 Å². The maximum absolute atomic E-state index is 13.4. The number of anilines is 1. The van der Waals surface area contributed by atoms with Crippen LogP contribution in [-0.4, -0.2) is 47.3 Å². The van der Waals surface area contributed by atoms with Gasteiger partial charge in [-0.25, -0.2) is 0 Å². The lowest BCUT2D eigenvalue weighted by Crippen LogP contribution is -2.31. The molecule has 1 aliphatic heterocycles. The van der Waals surface area contributed by atoms with Gasteiger partial charge in [0.05, 0.1) is 18.2 Å². The molecule has 1 aromatic heterocycles. The van der Waals surface area contributed by atoms with Gasteiger partial charge in [0.1, 0.15) is 5.75 Å². The van der Waals surface area contributed by atoms with E-state index in [0.717, 1.165) is 0 Å². The third kappa shape index (κ3) is 4.87. The normalized spacial score (nSPS) is 15.8. The van der Waals surface area contributed by atoms with Crippen LogP contribution in [0.4, 0.5) is 5.69 Å². The number of nitrogens with zero attached hydrogens (tertiary/aromatic N) is 3. The first-order valence-electron chi connectivity index (χ1n) is 11.8. The van der Waals surface area contributed by atoms with Crippen molar-refractivity contribution in [3.05, 3.63) is 71.3 Å². The molecule has 0 saturated heterocycles. The number of para-hydroxylation sites is 1. The predicted octanol–water partition coefficient (Wildman–Crippen LogP) is 4.59. The SMILES string of the molecule is COCCCOc1ccccc1C1C(C(=O)C(C)C)=C(O)C(=O)N1c1ccc(-c2noc(C)n2)cc1. The fourth-order valence-corrected chi connectivity index (χ4v) is 4.14. The van der Waals surface area contributed by atoms with E-state index in [1.54, 1.807) is 64.3 Å². The summed E-state index contributed by atoms with van der Waals surface area (Å²) >= 11 is 0. The highest BCUT2D eigenvalue weighted by Crippen LogP contribution is 2.44. The Morgan fingerprint density at radius 3 is 2.50 bits per heavy atom. The number of hydrogen-bond donors (Lipinski definition) is 1. The van der Waals surface area contributed by atoms with Crippen molar-refractivity contribution in [3.63, 3.8) is 0 Å². The summed E-state index contributed by atoms with van der Waals surface area (Å²) in [6.07, 6.45) is 0.675. The van der Waals surface area contributed by atoms with Gasteiger partial charge in [0, 0.05) is 49.8 Å². The van der Waals surface area contributed by atoms with Gasteiger partial charge in [0.15, 0.2) is 11.5 Å². The predicted molar refractivity (Wildman–Crippen MR) is 133 cm³/mol. The fourth-order valence-electron chi connectivity index (χ4n) is 4.14. The van der Waals surface area contributed by atoms with E-state index in [2.05, 4.69) is 10.1 Å². The zero-order valence-electron chi connectivity index (χ0n) is 20.7. The largest absolute Gasteiger partial charge is 0.503 e. The minimum atomic E-state index is -0.857. The van der Waals surface area contributed by atoms with Gasteiger partial charge < -0.3 is 19.1 Å². The van der Waals surface area contributed by atoms with E-state index in [1.807, 2.05) is 12.1 Å². The molecule has 4 rings (SSSR count). The van der Waals surface area contributed by atoms with Gasteiger partial charge >= 0.3 is 0 Å². The summed E-state index contributed by atoms with van der Waals surface area (Å²) in [5, 5.41) is 14.8. The molecule has 1 amide bonds. The number of ketones is 1. The molecule has 36 heavy (non-hydrogen) atoms. The summed E-state index contributed by atoms with van der Waals surface area (Å²) in [7, 11) is 1.62. The number of aliphatic hydroxyl groups is 1. The van der Waals surface area contributed by atoms with Crippen molar-refractivity contribution in [1.29, 1.82) is 0 Å². The minimum Gasteiger partial charge on any atom is -0.503 e. The molecule has 0 spiro atoms. The lowest BCUT2D eigenvalue weighted by Gasteiger charge is -2.28. The number of amides is 1. The minimum absolute atomic E-state index is 0.0563. The van der Waals surface area contributed by atoms with Crippen molar-refractivity contribution in [2.75, 3.05) is 25.2 Å². The molecule has 9 nitrogen and oxygen atoms in total. The number of ether oxygens (including phenoxy) is 2. The average Bonchev–Trinajstić information content (AvgIpc) is 3.42. The first kappa shape index (κ1) is 25.1. The van der Waals surface area contributed by atoms with Crippen LogP contribution in [0.3, 0.4) is 0 Å². The number of Topliss-reactive ketones (excluding diaryl/α,β-unsaturated/α-hetero) is 1. The Balaban J connectivity index is 1.77. The lowest BCUT2D eigenvalue weighted by molar-refractivity contribution is -0.119. The van der Waals surface area contributed by atoms with Crippen LogP contribution in [0.1, 0.15) is 37.8 Å². The quantitative estimate of drug-likeness (QED) is 0.410. The molecule has 188 valence electrons. The second-order valence-corrected chi connectivity index (χ2v) is 8.78. The first-order chi connectivity index (χ1) is 17.3. The second-order valence-electron chi connectivity index (χ2n) is 8.78. The van der Waals surface area contributed by atoms with Crippen molar-refractivity contribution in [2.24, 2.45) is 5.92 Å². The molecule has 2 aromatic carbocycles. The zero-order chi connectivity index (χ0) is 25.8. The molecule has 1 atom stereocenters. The van der Waals surface area contributed by atoms with Gasteiger partial charge in [-0.3, -0.25) is 14.5 Å². The molecule has 9 heteroatoms. The molecular formula is C27H29N3O6. The zero-order valence-corrected chi connectivity index (χ0v) is 20.7.